The Kier molecular flexibility index (Phi) is 5.04. The molecule has 3 aliphatic heterocycles. The van der Waals surface area contributed by atoms with Gasteiger partial charge in [0.2, 0.25) is 5.91 Å². The highest BCUT2D eigenvalue weighted by atomic mass is 32.2. The second-order valence-corrected chi connectivity index (χ2v) is 9.46. The first kappa shape index (κ1) is 19.2. The number of allylic oxidation sites excluding steroid dienone is 1. The van der Waals surface area contributed by atoms with Crippen molar-refractivity contribution in [1.29, 1.82) is 0 Å². The molecule has 7 heteroatoms. The monoisotopic (exact) mass is 402 g/mol. The summed E-state index contributed by atoms with van der Waals surface area (Å²) < 4.78 is 11.3. The first-order valence-corrected chi connectivity index (χ1v) is 10.6. The zero-order valence-electron chi connectivity index (χ0n) is 16.6. The van der Waals surface area contributed by atoms with Gasteiger partial charge in [-0.15, -0.1) is 0 Å². The minimum atomic E-state index is -0.516. The summed E-state index contributed by atoms with van der Waals surface area (Å²) in [5.41, 5.74) is 1.01. The minimum absolute atomic E-state index is 0.0908. The van der Waals surface area contributed by atoms with Gasteiger partial charge in [-0.2, -0.15) is 0 Å². The summed E-state index contributed by atoms with van der Waals surface area (Å²) in [5.74, 6) is 0.803. The fraction of sp³-hybridized carbons (Fsp3) is 0.524. The molecule has 0 saturated carbocycles. The standard InChI is InChI=1S/C21H26N2O4S/c1-21(2,3)27-20(25)14-5-7-15(8-6-14)23-11-12-26-16-13-17(28-19(16)23)18(24)22-9-4-10-22/h5-8,17H,4,9-13H2,1-3H3. The van der Waals surface area contributed by atoms with E-state index in [1.165, 1.54) is 0 Å². The van der Waals surface area contributed by atoms with Gasteiger partial charge in [-0.05, 0) is 51.5 Å². The molecule has 6 nitrogen and oxygen atoms in total. The molecule has 0 bridgehead atoms. The normalized spacial score (nSPS) is 21.8. The van der Waals surface area contributed by atoms with E-state index >= 15 is 0 Å². The quantitative estimate of drug-likeness (QED) is 0.723. The number of hydrogen-bond donors (Lipinski definition) is 0. The van der Waals surface area contributed by atoms with Crippen LogP contribution in [0.15, 0.2) is 35.1 Å². The maximum atomic E-state index is 12.6. The zero-order chi connectivity index (χ0) is 19.9. The van der Waals surface area contributed by atoms with Crippen LogP contribution in [0.3, 0.4) is 0 Å². The number of thioether (sulfide) groups is 1. The molecule has 1 atom stereocenters. The van der Waals surface area contributed by atoms with Gasteiger partial charge in [0.05, 0.1) is 17.4 Å². The Labute approximate surface area is 169 Å². The number of benzene rings is 1. The van der Waals surface area contributed by atoms with Gasteiger partial charge in [0.25, 0.3) is 0 Å². The highest BCUT2D eigenvalue weighted by Crippen LogP contribution is 2.44. The number of carbonyl (C=O) groups is 2. The Morgan fingerprint density at radius 3 is 2.46 bits per heavy atom. The number of anilines is 1. The van der Waals surface area contributed by atoms with E-state index in [0.29, 0.717) is 18.6 Å². The summed E-state index contributed by atoms with van der Waals surface area (Å²) in [6, 6.07) is 7.45. The summed E-state index contributed by atoms with van der Waals surface area (Å²) >= 11 is 1.60. The van der Waals surface area contributed by atoms with Gasteiger partial charge in [-0.3, -0.25) is 4.79 Å². The minimum Gasteiger partial charge on any atom is -0.493 e. The number of likely N-dealkylation sites (tertiary alicyclic amines) is 1. The molecule has 3 heterocycles. The molecule has 1 aromatic rings. The number of ether oxygens (including phenoxy) is 2. The van der Waals surface area contributed by atoms with Crippen LogP contribution in [-0.2, 0) is 14.3 Å². The van der Waals surface area contributed by atoms with E-state index in [4.69, 9.17) is 9.47 Å². The van der Waals surface area contributed by atoms with Gasteiger partial charge in [0, 0.05) is 25.2 Å². The maximum absolute atomic E-state index is 12.6. The van der Waals surface area contributed by atoms with Crippen LogP contribution >= 0.6 is 11.8 Å². The molecule has 1 aromatic carbocycles. The van der Waals surface area contributed by atoms with E-state index in [-0.39, 0.29) is 17.1 Å². The van der Waals surface area contributed by atoms with Crippen molar-refractivity contribution in [3.8, 4) is 0 Å². The summed E-state index contributed by atoms with van der Waals surface area (Å²) in [4.78, 5) is 28.9. The molecule has 0 radical (unpaired) electrons. The number of esters is 1. The molecule has 3 aliphatic rings. The Morgan fingerprint density at radius 1 is 1.14 bits per heavy atom. The van der Waals surface area contributed by atoms with Crippen LogP contribution in [0.25, 0.3) is 0 Å². The predicted molar refractivity (Wildman–Crippen MR) is 109 cm³/mol. The van der Waals surface area contributed by atoms with E-state index in [9.17, 15) is 9.59 Å². The van der Waals surface area contributed by atoms with Crippen LogP contribution in [0.2, 0.25) is 0 Å². The summed E-state index contributed by atoms with van der Waals surface area (Å²) in [7, 11) is 0. The Balaban J connectivity index is 1.47. The largest absolute Gasteiger partial charge is 0.493 e. The Hall–Kier alpha value is -2.15. The number of carbonyl (C=O) groups excluding carboxylic acids is 2. The highest BCUT2D eigenvalue weighted by Gasteiger charge is 2.39. The third-order valence-corrected chi connectivity index (χ3v) is 6.28. The molecule has 1 saturated heterocycles. The highest BCUT2D eigenvalue weighted by molar-refractivity contribution is 8.04. The van der Waals surface area contributed by atoms with Crippen molar-refractivity contribution >= 4 is 29.3 Å². The van der Waals surface area contributed by atoms with Gasteiger partial charge >= 0.3 is 5.97 Å². The van der Waals surface area contributed by atoms with Gasteiger partial charge in [-0.1, -0.05) is 11.8 Å². The second kappa shape index (κ2) is 7.35. The van der Waals surface area contributed by atoms with Crippen LogP contribution in [0.1, 0.15) is 44.0 Å². The topological polar surface area (TPSA) is 59.1 Å². The third kappa shape index (κ3) is 3.85. The summed E-state index contributed by atoms with van der Waals surface area (Å²) in [6.07, 6.45) is 1.75. The molecular weight excluding hydrogens is 376 g/mol. The summed E-state index contributed by atoms with van der Waals surface area (Å²) in [5, 5.41) is 0.932. The average Bonchev–Trinajstić information content (AvgIpc) is 3.03. The van der Waals surface area contributed by atoms with Crippen molar-refractivity contribution < 1.29 is 19.1 Å². The van der Waals surface area contributed by atoms with Crippen LogP contribution in [0, 0.1) is 0 Å². The van der Waals surface area contributed by atoms with Crippen LogP contribution in [0.5, 0.6) is 0 Å². The van der Waals surface area contributed by atoms with Crippen LogP contribution in [-0.4, -0.2) is 53.9 Å². The molecule has 0 N–H and O–H groups in total. The molecule has 4 rings (SSSR count). The van der Waals surface area contributed by atoms with E-state index in [1.54, 1.807) is 23.9 Å². The summed E-state index contributed by atoms with van der Waals surface area (Å²) in [6.45, 7) is 8.64. The predicted octanol–water partition coefficient (Wildman–Crippen LogP) is 3.39. The zero-order valence-corrected chi connectivity index (χ0v) is 17.4. The molecule has 28 heavy (non-hydrogen) atoms. The number of rotatable bonds is 3. The van der Waals surface area contributed by atoms with E-state index in [1.807, 2.05) is 37.8 Å². The maximum Gasteiger partial charge on any atom is 0.338 e. The van der Waals surface area contributed by atoms with Gasteiger partial charge < -0.3 is 19.3 Å². The van der Waals surface area contributed by atoms with E-state index in [2.05, 4.69) is 4.90 Å². The molecule has 0 aliphatic carbocycles. The van der Waals surface area contributed by atoms with Crippen molar-refractivity contribution in [3.63, 3.8) is 0 Å². The first-order valence-electron chi connectivity index (χ1n) is 9.74. The van der Waals surface area contributed by atoms with Crippen LogP contribution in [0.4, 0.5) is 5.69 Å². The van der Waals surface area contributed by atoms with Crippen molar-refractivity contribution in [3.05, 3.63) is 40.6 Å². The lowest BCUT2D eigenvalue weighted by Gasteiger charge is -2.33. The number of hydrogen-bond acceptors (Lipinski definition) is 6. The lowest BCUT2D eigenvalue weighted by atomic mass is 10.1. The fourth-order valence-electron chi connectivity index (χ4n) is 3.43. The number of nitrogens with zero attached hydrogens (tertiary/aromatic N) is 2. The SMILES string of the molecule is CC(C)(C)OC(=O)c1ccc(N2CCOC3=C2SC(C(=O)N2CCC2)C3)cc1. The van der Waals surface area contributed by atoms with Crippen molar-refractivity contribution in [2.45, 2.75) is 44.5 Å². The molecule has 1 fully saturated rings. The van der Waals surface area contributed by atoms with Crippen LogP contribution < -0.4 is 4.90 Å². The first-order chi connectivity index (χ1) is 13.3. The molecular formula is C21H26N2O4S. The van der Waals surface area contributed by atoms with Gasteiger partial charge in [-0.25, -0.2) is 4.79 Å². The third-order valence-electron chi connectivity index (χ3n) is 4.96. The average molecular weight is 403 g/mol. The van der Waals surface area contributed by atoms with E-state index in [0.717, 1.165) is 42.5 Å². The lowest BCUT2D eigenvalue weighted by Crippen LogP contribution is -2.46. The lowest BCUT2D eigenvalue weighted by molar-refractivity contribution is -0.134. The van der Waals surface area contributed by atoms with Crippen molar-refractivity contribution in [2.24, 2.45) is 0 Å². The fourth-order valence-corrected chi connectivity index (χ4v) is 4.78. The van der Waals surface area contributed by atoms with Crippen molar-refractivity contribution in [2.75, 3.05) is 31.1 Å². The Morgan fingerprint density at radius 2 is 1.86 bits per heavy atom. The second-order valence-electron chi connectivity index (χ2n) is 8.27. The smallest absolute Gasteiger partial charge is 0.338 e. The molecule has 150 valence electrons. The van der Waals surface area contributed by atoms with Gasteiger partial charge in [0.15, 0.2) is 0 Å². The molecule has 1 unspecified atom stereocenters. The van der Waals surface area contributed by atoms with Crippen molar-refractivity contribution in [1.82, 2.24) is 4.90 Å². The van der Waals surface area contributed by atoms with E-state index < -0.39 is 5.60 Å². The molecule has 1 amide bonds. The molecule has 0 spiro atoms. The van der Waals surface area contributed by atoms with Gasteiger partial charge in [0.1, 0.15) is 23.0 Å². The molecule has 0 aromatic heterocycles. The number of amides is 1. The Bertz CT molecular complexity index is 809.